The zero-order chi connectivity index (χ0) is 14.7. The molecule has 0 aliphatic rings. The van der Waals surface area contributed by atoms with Gasteiger partial charge in [-0.3, -0.25) is 0 Å². The fourth-order valence-corrected chi connectivity index (χ4v) is 1.99. The van der Waals surface area contributed by atoms with Gasteiger partial charge in [-0.25, -0.2) is 13.6 Å². The lowest BCUT2D eigenvalue weighted by molar-refractivity contribution is 0.0468. The monoisotopic (exact) mass is 341 g/mol. The molecule has 0 radical (unpaired) electrons. The number of hydrogen-bond donors (Lipinski definition) is 1. The standard InChI is InChI=1S/C14H10BrF2NO2/c15-13-10(2-1-3-12(13)18)14(19)20-7-8-4-5-9(16)6-11(8)17/h1-6H,7,18H2. The fourth-order valence-electron chi connectivity index (χ4n) is 1.57. The Hall–Kier alpha value is -1.95. The number of benzene rings is 2. The number of hydrogen-bond acceptors (Lipinski definition) is 3. The highest BCUT2D eigenvalue weighted by Gasteiger charge is 2.14. The van der Waals surface area contributed by atoms with Crippen LogP contribution in [-0.2, 0) is 11.3 Å². The van der Waals surface area contributed by atoms with Crippen LogP contribution < -0.4 is 5.73 Å². The van der Waals surface area contributed by atoms with Crippen LogP contribution >= 0.6 is 15.9 Å². The first-order valence-electron chi connectivity index (χ1n) is 5.64. The van der Waals surface area contributed by atoms with Crippen molar-refractivity contribution in [2.75, 3.05) is 5.73 Å². The molecule has 2 N–H and O–H groups in total. The fraction of sp³-hybridized carbons (Fsp3) is 0.0714. The summed E-state index contributed by atoms with van der Waals surface area (Å²) >= 11 is 3.18. The van der Waals surface area contributed by atoms with Crippen molar-refractivity contribution in [2.24, 2.45) is 0 Å². The molecule has 0 fully saturated rings. The van der Waals surface area contributed by atoms with Crippen LogP contribution in [0.4, 0.5) is 14.5 Å². The molecular formula is C14H10BrF2NO2. The lowest BCUT2D eigenvalue weighted by Gasteiger charge is -2.08. The van der Waals surface area contributed by atoms with Gasteiger partial charge in [-0.2, -0.15) is 0 Å². The Morgan fingerprint density at radius 1 is 1.25 bits per heavy atom. The minimum absolute atomic E-state index is 0.0970. The molecule has 0 aromatic heterocycles. The van der Waals surface area contributed by atoms with E-state index >= 15 is 0 Å². The lowest BCUT2D eigenvalue weighted by Crippen LogP contribution is -2.08. The molecule has 0 saturated carbocycles. The van der Waals surface area contributed by atoms with E-state index in [0.717, 1.165) is 12.1 Å². The first-order valence-corrected chi connectivity index (χ1v) is 6.43. The molecule has 2 aromatic carbocycles. The summed E-state index contributed by atoms with van der Waals surface area (Å²) in [6, 6.07) is 7.83. The van der Waals surface area contributed by atoms with Crippen molar-refractivity contribution < 1.29 is 18.3 Å². The summed E-state index contributed by atoms with van der Waals surface area (Å²) in [4.78, 5) is 11.9. The molecule has 0 aliphatic heterocycles. The minimum Gasteiger partial charge on any atom is -0.457 e. The number of anilines is 1. The van der Waals surface area contributed by atoms with Crippen molar-refractivity contribution >= 4 is 27.6 Å². The molecule has 2 aromatic rings. The van der Waals surface area contributed by atoms with Crippen LogP contribution in [0.2, 0.25) is 0 Å². The van der Waals surface area contributed by atoms with E-state index in [-0.39, 0.29) is 17.7 Å². The van der Waals surface area contributed by atoms with Gasteiger partial charge in [0, 0.05) is 17.3 Å². The van der Waals surface area contributed by atoms with Crippen molar-refractivity contribution in [3.8, 4) is 0 Å². The van der Waals surface area contributed by atoms with Gasteiger partial charge < -0.3 is 10.5 Å². The molecule has 6 heteroatoms. The van der Waals surface area contributed by atoms with E-state index in [1.165, 1.54) is 12.1 Å². The van der Waals surface area contributed by atoms with Gasteiger partial charge in [0.25, 0.3) is 0 Å². The number of rotatable bonds is 3. The van der Waals surface area contributed by atoms with Crippen molar-refractivity contribution in [2.45, 2.75) is 6.61 Å². The van der Waals surface area contributed by atoms with Gasteiger partial charge in [-0.1, -0.05) is 6.07 Å². The highest BCUT2D eigenvalue weighted by Crippen LogP contribution is 2.24. The summed E-state index contributed by atoms with van der Waals surface area (Å²) in [5.41, 5.74) is 6.39. The molecule has 0 unspecified atom stereocenters. The SMILES string of the molecule is Nc1cccc(C(=O)OCc2ccc(F)cc2F)c1Br. The van der Waals surface area contributed by atoms with Crippen LogP contribution in [0, 0.1) is 11.6 Å². The Kier molecular flexibility index (Phi) is 4.34. The summed E-state index contributed by atoms with van der Waals surface area (Å²) < 4.78 is 31.5. The number of nitrogens with two attached hydrogens (primary N) is 1. The third-order valence-electron chi connectivity index (χ3n) is 2.62. The van der Waals surface area contributed by atoms with Crippen molar-refractivity contribution in [1.82, 2.24) is 0 Å². The Morgan fingerprint density at radius 3 is 2.70 bits per heavy atom. The van der Waals surface area contributed by atoms with E-state index in [2.05, 4.69) is 15.9 Å². The van der Waals surface area contributed by atoms with Crippen molar-refractivity contribution in [3.63, 3.8) is 0 Å². The molecule has 0 spiro atoms. The third kappa shape index (κ3) is 3.14. The van der Waals surface area contributed by atoms with E-state index in [9.17, 15) is 13.6 Å². The maximum absolute atomic E-state index is 13.4. The highest BCUT2D eigenvalue weighted by molar-refractivity contribution is 9.10. The number of carbonyl (C=O) groups excluding carboxylic acids is 1. The maximum Gasteiger partial charge on any atom is 0.339 e. The summed E-state index contributed by atoms with van der Waals surface area (Å²) in [5, 5.41) is 0. The molecule has 0 amide bonds. The third-order valence-corrected chi connectivity index (χ3v) is 3.51. The lowest BCUT2D eigenvalue weighted by atomic mass is 10.2. The van der Waals surface area contributed by atoms with Gasteiger partial charge in [-0.05, 0) is 40.2 Å². The summed E-state index contributed by atoms with van der Waals surface area (Å²) in [7, 11) is 0. The van der Waals surface area contributed by atoms with Crippen molar-refractivity contribution in [3.05, 3.63) is 63.6 Å². The van der Waals surface area contributed by atoms with Gasteiger partial charge in [-0.15, -0.1) is 0 Å². The summed E-state index contributed by atoms with van der Waals surface area (Å²) in [6.45, 7) is -0.286. The molecule has 0 heterocycles. The summed E-state index contributed by atoms with van der Waals surface area (Å²) in [6.07, 6.45) is 0. The first-order chi connectivity index (χ1) is 9.49. The van der Waals surface area contributed by atoms with E-state index in [1.54, 1.807) is 12.1 Å². The number of nitrogen functional groups attached to an aromatic ring is 1. The molecule has 104 valence electrons. The Labute approximate surface area is 122 Å². The van der Waals surface area contributed by atoms with Gasteiger partial charge in [0.2, 0.25) is 0 Å². The van der Waals surface area contributed by atoms with E-state index in [0.29, 0.717) is 10.2 Å². The second-order valence-corrected chi connectivity index (χ2v) is 4.81. The van der Waals surface area contributed by atoms with Crippen LogP contribution in [0.25, 0.3) is 0 Å². The maximum atomic E-state index is 13.4. The van der Waals surface area contributed by atoms with Crippen LogP contribution in [-0.4, -0.2) is 5.97 Å². The Balaban J connectivity index is 2.11. The number of carbonyl (C=O) groups is 1. The van der Waals surface area contributed by atoms with Crippen molar-refractivity contribution in [1.29, 1.82) is 0 Å². The molecule has 20 heavy (non-hydrogen) atoms. The molecule has 0 saturated heterocycles. The zero-order valence-corrected chi connectivity index (χ0v) is 11.8. The Bertz CT molecular complexity index is 662. The van der Waals surface area contributed by atoms with Crippen LogP contribution in [0.1, 0.15) is 15.9 Å². The molecule has 0 atom stereocenters. The molecular weight excluding hydrogens is 332 g/mol. The van der Waals surface area contributed by atoms with Crippen LogP contribution in [0.5, 0.6) is 0 Å². The van der Waals surface area contributed by atoms with Gasteiger partial charge in [0.15, 0.2) is 0 Å². The Morgan fingerprint density at radius 2 is 2.00 bits per heavy atom. The van der Waals surface area contributed by atoms with E-state index in [1.807, 2.05) is 0 Å². The van der Waals surface area contributed by atoms with Gasteiger partial charge >= 0.3 is 5.97 Å². The second kappa shape index (κ2) is 6.00. The van der Waals surface area contributed by atoms with Gasteiger partial charge in [0.05, 0.1) is 10.0 Å². The minimum atomic E-state index is -0.760. The molecule has 0 bridgehead atoms. The number of halogens is 3. The molecule has 3 nitrogen and oxygen atoms in total. The predicted octanol–water partition coefficient (Wildman–Crippen LogP) is 3.67. The molecule has 2 rings (SSSR count). The topological polar surface area (TPSA) is 52.3 Å². The van der Waals surface area contributed by atoms with Crippen LogP contribution in [0.15, 0.2) is 40.9 Å². The second-order valence-electron chi connectivity index (χ2n) is 4.02. The average Bonchev–Trinajstić information content (AvgIpc) is 2.40. The van der Waals surface area contributed by atoms with E-state index < -0.39 is 17.6 Å². The number of ether oxygens (including phenoxy) is 1. The predicted molar refractivity (Wildman–Crippen MR) is 74.0 cm³/mol. The largest absolute Gasteiger partial charge is 0.457 e. The highest BCUT2D eigenvalue weighted by atomic mass is 79.9. The summed E-state index contributed by atoms with van der Waals surface area (Å²) in [5.74, 6) is -2.09. The number of esters is 1. The van der Waals surface area contributed by atoms with E-state index in [4.69, 9.17) is 10.5 Å². The molecule has 0 aliphatic carbocycles. The first kappa shape index (κ1) is 14.5. The van der Waals surface area contributed by atoms with Gasteiger partial charge in [0.1, 0.15) is 18.2 Å². The zero-order valence-electron chi connectivity index (χ0n) is 10.2. The van der Waals surface area contributed by atoms with Crippen LogP contribution in [0.3, 0.4) is 0 Å². The average molecular weight is 342 g/mol. The smallest absolute Gasteiger partial charge is 0.339 e. The normalized spacial score (nSPS) is 10.3. The quantitative estimate of drug-likeness (QED) is 0.684.